The van der Waals surface area contributed by atoms with Crippen molar-refractivity contribution in [2.45, 2.75) is 0 Å². The molecule has 2 heterocycles. The van der Waals surface area contributed by atoms with E-state index in [9.17, 15) is 4.39 Å². The minimum absolute atomic E-state index is 0.205. The monoisotopic (exact) mass is 278 g/mol. The van der Waals surface area contributed by atoms with Crippen LogP contribution in [0.2, 0.25) is 0 Å². The fourth-order valence-electron chi connectivity index (χ4n) is 1.48. The highest BCUT2D eigenvalue weighted by atomic mass is 32.1. The number of thiazole rings is 1. The molecule has 0 amide bonds. The number of phenols is 1. The number of phenolic OH excluding ortho intramolecular Hbond substituents is 1. The predicted octanol–water partition coefficient (Wildman–Crippen LogP) is 2.29. The molecule has 0 bridgehead atoms. The predicted molar refractivity (Wildman–Crippen MR) is 66.9 cm³/mol. The summed E-state index contributed by atoms with van der Waals surface area (Å²) < 4.78 is 18.3. The summed E-state index contributed by atoms with van der Waals surface area (Å²) in [7, 11) is 0. The van der Waals surface area contributed by atoms with Gasteiger partial charge in [0, 0.05) is 10.9 Å². The maximum absolute atomic E-state index is 13.2. The first-order valence-corrected chi connectivity index (χ1v) is 6.05. The molecule has 1 aromatic carbocycles. The number of halogens is 1. The van der Waals surface area contributed by atoms with Gasteiger partial charge in [-0.05, 0) is 18.2 Å². The normalized spacial score (nSPS) is 10.8. The summed E-state index contributed by atoms with van der Waals surface area (Å²) in [6.07, 6.45) is 0. The van der Waals surface area contributed by atoms with Gasteiger partial charge in [-0.3, -0.25) is 0 Å². The van der Waals surface area contributed by atoms with E-state index in [4.69, 9.17) is 15.4 Å². The molecule has 0 radical (unpaired) electrons. The van der Waals surface area contributed by atoms with E-state index in [0.717, 1.165) is 6.07 Å². The molecule has 3 rings (SSSR count). The molecule has 0 saturated carbocycles. The zero-order chi connectivity index (χ0) is 13.4. The summed E-state index contributed by atoms with van der Waals surface area (Å²) in [5, 5.41) is 14.9. The van der Waals surface area contributed by atoms with E-state index in [1.165, 1.54) is 23.5 Å². The first kappa shape index (κ1) is 11.6. The van der Waals surface area contributed by atoms with Crippen LogP contribution in [0.4, 0.5) is 9.52 Å². The van der Waals surface area contributed by atoms with Crippen LogP contribution in [0.15, 0.2) is 28.1 Å². The van der Waals surface area contributed by atoms with Crippen molar-refractivity contribution in [3.05, 3.63) is 29.4 Å². The smallest absolute Gasteiger partial charge is 0.277 e. The minimum atomic E-state index is -0.748. The van der Waals surface area contributed by atoms with Crippen LogP contribution in [0, 0.1) is 5.82 Å². The summed E-state index contributed by atoms with van der Waals surface area (Å²) in [6.45, 7) is 0. The van der Waals surface area contributed by atoms with Gasteiger partial charge >= 0.3 is 0 Å². The van der Waals surface area contributed by atoms with Crippen molar-refractivity contribution in [3.63, 3.8) is 0 Å². The maximum Gasteiger partial charge on any atom is 0.277 e. The number of rotatable bonds is 2. The Hall–Kier alpha value is -2.48. The van der Waals surface area contributed by atoms with Gasteiger partial charge in [-0.1, -0.05) is 5.16 Å². The van der Waals surface area contributed by atoms with Gasteiger partial charge in [0.25, 0.3) is 5.89 Å². The standard InChI is InChI=1S/C11H7FN4O2S/c12-6-3-5(1-2-8(6)17)9-15-10(18-16-9)7-4-19-11(13)14-7/h1-4,17H,(H2,13,14). The molecule has 19 heavy (non-hydrogen) atoms. The molecular weight excluding hydrogens is 271 g/mol. The van der Waals surface area contributed by atoms with Gasteiger partial charge in [0.1, 0.15) is 5.69 Å². The van der Waals surface area contributed by atoms with Gasteiger partial charge in [0.2, 0.25) is 5.82 Å². The van der Waals surface area contributed by atoms with E-state index < -0.39 is 11.6 Å². The van der Waals surface area contributed by atoms with Crippen LogP contribution >= 0.6 is 11.3 Å². The molecule has 0 saturated heterocycles. The molecule has 0 unspecified atom stereocenters. The summed E-state index contributed by atoms with van der Waals surface area (Å²) in [5.74, 6) is -0.765. The Balaban J connectivity index is 1.98. The number of aromatic nitrogens is 3. The number of aromatic hydroxyl groups is 1. The molecule has 0 spiro atoms. The second kappa shape index (κ2) is 4.32. The molecule has 0 fully saturated rings. The number of nitrogen functional groups attached to an aromatic ring is 1. The molecule has 2 aromatic heterocycles. The Morgan fingerprint density at radius 3 is 2.84 bits per heavy atom. The largest absolute Gasteiger partial charge is 0.505 e. The van der Waals surface area contributed by atoms with Gasteiger partial charge in [0.15, 0.2) is 16.7 Å². The molecule has 8 heteroatoms. The number of hydrogen-bond donors (Lipinski definition) is 2. The van der Waals surface area contributed by atoms with Gasteiger partial charge < -0.3 is 15.4 Å². The number of nitrogens with two attached hydrogens (primary N) is 1. The lowest BCUT2D eigenvalue weighted by Crippen LogP contribution is -1.85. The molecule has 0 atom stereocenters. The molecule has 6 nitrogen and oxygen atoms in total. The zero-order valence-corrected chi connectivity index (χ0v) is 10.2. The first-order valence-electron chi connectivity index (χ1n) is 5.17. The fourth-order valence-corrected chi connectivity index (χ4v) is 2.01. The van der Waals surface area contributed by atoms with E-state index in [1.807, 2.05) is 0 Å². The van der Waals surface area contributed by atoms with Crippen molar-refractivity contribution in [1.82, 2.24) is 15.1 Å². The Labute approximate surface area is 110 Å². The summed E-state index contributed by atoms with van der Waals surface area (Å²) in [4.78, 5) is 8.10. The van der Waals surface area contributed by atoms with Crippen molar-refractivity contribution in [1.29, 1.82) is 0 Å². The van der Waals surface area contributed by atoms with Crippen molar-refractivity contribution in [3.8, 4) is 28.7 Å². The minimum Gasteiger partial charge on any atom is -0.505 e. The lowest BCUT2D eigenvalue weighted by atomic mass is 10.2. The van der Waals surface area contributed by atoms with E-state index in [0.29, 0.717) is 16.4 Å². The lowest BCUT2D eigenvalue weighted by Gasteiger charge is -1.96. The average molecular weight is 278 g/mol. The van der Waals surface area contributed by atoms with E-state index >= 15 is 0 Å². The topological polar surface area (TPSA) is 98.1 Å². The lowest BCUT2D eigenvalue weighted by molar-refractivity contribution is 0.429. The average Bonchev–Trinajstić information content (AvgIpc) is 3.01. The Morgan fingerprint density at radius 1 is 1.32 bits per heavy atom. The highest BCUT2D eigenvalue weighted by Gasteiger charge is 2.14. The molecule has 96 valence electrons. The Morgan fingerprint density at radius 2 is 2.16 bits per heavy atom. The number of nitrogens with zero attached hydrogens (tertiary/aromatic N) is 3. The van der Waals surface area contributed by atoms with E-state index in [2.05, 4.69) is 15.1 Å². The van der Waals surface area contributed by atoms with Gasteiger partial charge in [0.05, 0.1) is 0 Å². The summed E-state index contributed by atoms with van der Waals surface area (Å²) in [5.41, 5.74) is 6.38. The number of anilines is 1. The van der Waals surface area contributed by atoms with Crippen LogP contribution < -0.4 is 5.73 Å². The van der Waals surface area contributed by atoms with Crippen LogP contribution in [-0.4, -0.2) is 20.2 Å². The molecule has 3 aromatic rings. The quantitative estimate of drug-likeness (QED) is 0.746. The van der Waals surface area contributed by atoms with Crippen LogP contribution in [0.3, 0.4) is 0 Å². The maximum atomic E-state index is 13.2. The number of hydrogen-bond acceptors (Lipinski definition) is 7. The first-order chi connectivity index (χ1) is 9.13. The van der Waals surface area contributed by atoms with Crippen LogP contribution in [0.25, 0.3) is 23.0 Å². The van der Waals surface area contributed by atoms with Gasteiger partial charge in [-0.2, -0.15) is 4.98 Å². The van der Waals surface area contributed by atoms with Crippen molar-refractivity contribution in [2.75, 3.05) is 5.73 Å². The Kier molecular flexibility index (Phi) is 2.64. The SMILES string of the molecule is Nc1nc(-c2nc(-c3ccc(O)c(F)c3)no2)cs1. The van der Waals surface area contributed by atoms with Gasteiger partial charge in [-0.25, -0.2) is 9.37 Å². The van der Waals surface area contributed by atoms with Crippen LogP contribution in [0.1, 0.15) is 0 Å². The highest BCUT2D eigenvalue weighted by molar-refractivity contribution is 7.13. The van der Waals surface area contributed by atoms with Crippen LogP contribution in [0.5, 0.6) is 5.75 Å². The van der Waals surface area contributed by atoms with Crippen molar-refractivity contribution < 1.29 is 14.0 Å². The fraction of sp³-hybridized carbons (Fsp3) is 0. The van der Waals surface area contributed by atoms with E-state index in [1.54, 1.807) is 5.38 Å². The zero-order valence-electron chi connectivity index (χ0n) is 9.37. The van der Waals surface area contributed by atoms with Crippen molar-refractivity contribution in [2.24, 2.45) is 0 Å². The summed E-state index contributed by atoms with van der Waals surface area (Å²) in [6, 6.07) is 3.84. The molecule has 0 aliphatic carbocycles. The highest BCUT2D eigenvalue weighted by Crippen LogP contribution is 2.26. The van der Waals surface area contributed by atoms with Gasteiger partial charge in [-0.15, -0.1) is 11.3 Å². The summed E-state index contributed by atoms with van der Waals surface area (Å²) >= 11 is 1.25. The van der Waals surface area contributed by atoms with Crippen LogP contribution in [-0.2, 0) is 0 Å². The molecule has 0 aliphatic heterocycles. The molecular formula is C11H7FN4O2S. The third-order valence-electron chi connectivity index (χ3n) is 2.37. The molecule has 0 aliphatic rings. The van der Waals surface area contributed by atoms with Crippen molar-refractivity contribution >= 4 is 16.5 Å². The third kappa shape index (κ3) is 2.13. The Bertz CT molecular complexity index is 740. The second-order valence-electron chi connectivity index (χ2n) is 3.66. The second-order valence-corrected chi connectivity index (χ2v) is 4.55. The molecule has 3 N–H and O–H groups in total. The van der Waals surface area contributed by atoms with E-state index in [-0.39, 0.29) is 11.7 Å². The third-order valence-corrected chi connectivity index (χ3v) is 3.05. The number of benzene rings is 1.